The van der Waals surface area contributed by atoms with E-state index in [1.54, 1.807) is 30.3 Å². The Balaban J connectivity index is 1.53. The number of rotatable bonds is 3. The van der Waals surface area contributed by atoms with Crippen molar-refractivity contribution in [2.45, 2.75) is 13.3 Å². The summed E-state index contributed by atoms with van der Waals surface area (Å²) in [5.41, 5.74) is 2.83. The molecule has 0 atom stereocenters. The predicted molar refractivity (Wildman–Crippen MR) is 112 cm³/mol. The van der Waals surface area contributed by atoms with Crippen LogP contribution in [0.3, 0.4) is 0 Å². The number of anilines is 1. The van der Waals surface area contributed by atoms with E-state index in [9.17, 15) is 18.8 Å². The summed E-state index contributed by atoms with van der Waals surface area (Å²) in [6.45, 7) is 1.86. The Bertz CT molecular complexity index is 1420. The van der Waals surface area contributed by atoms with E-state index in [2.05, 4.69) is 10.3 Å². The van der Waals surface area contributed by atoms with Crippen LogP contribution in [0.25, 0.3) is 5.65 Å². The molecular weight excluding hydrogens is 397 g/mol. The number of imidazole rings is 1. The number of carbonyl (C=O) groups is 3. The molecule has 4 aromatic rings. The van der Waals surface area contributed by atoms with E-state index in [1.165, 1.54) is 34.9 Å². The number of hydrogen-bond acceptors (Lipinski definition) is 4. The summed E-state index contributed by atoms with van der Waals surface area (Å²) in [6, 6.07) is 14.1. The third kappa shape index (κ3) is 2.93. The maximum atomic E-state index is 13.8. The number of aryl methyl sites for hydroxylation is 1. The van der Waals surface area contributed by atoms with Gasteiger partial charge in [0.2, 0.25) is 0 Å². The van der Waals surface area contributed by atoms with Crippen LogP contribution >= 0.6 is 0 Å². The summed E-state index contributed by atoms with van der Waals surface area (Å²) in [7, 11) is 0. The first kappa shape index (κ1) is 18.9. The second-order valence-electron chi connectivity index (χ2n) is 7.25. The molecule has 0 spiro atoms. The first-order chi connectivity index (χ1) is 15.0. The van der Waals surface area contributed by atoms with Crippen molar-refractivity contribution in [2.75, 3.05) is 5.32 Å². The number of amides is 1. The average Bonchev–Trinajstić information content (AvgIpc) is 3.15. The van der Waals surface area contributed by atoms with Gasteiger partial charge in [0.15, 0.2) is 11.6 Å². The van der Waals surface area contributed by atoms with Crippen LogP contribution < -0.4 is 5.32 Å². The first-order valence-corrected chi connectivity index (χ1v) is 9.78. The number of pyridine rings is 1. The van der Waals surface area contributed by atoms with Gasteiger partial charge in [-0.15, -0.1) is 0 Å². The van der Waals surface area contributed by atoms with Gasteiger partial charge in [-0.2, -0.15) is 0 Å². The molecule has 0 saturated heterocycles. The third-order valence-electron chi connectivity index (χ3n) is 5.39. The van der Waals surface area contributed by atoms with Crippen molar-refractivity contribution in [3.05, 3.63) is 100 Å². The van der Waals surface area contributed by atoms with Crippen molar-refractivity contribution in [1.29, 1.82) is 0 Å². The highest BCUT2D eigenvalue weighted by Gasteiger charge is 2.29. The fraction of sp³-hybridized carbons (Fsp3) is 0.0833. The Labute approximate surface area is 176 Å². The maximum Gasteiger partial charge on any atom is 0.274 e. The monoisotopic (exact) mass is 413 g/mol. The van der Waals surface area contributed by atoms with Crippen LogP contribution in [0.5, 0.6) is 0 Å². The van der Waals surface area contributed by atoms with Gasteiger partial charge >= 0.3 is 0 Å². The molecule has 1 aliphatic carbocycles. The van der Waals surface area contributed by atoms with Crippen LogP contribution in [-0.4, -0.2) is 26.9 Å². The number of nitrogens with zero attached hydrogens (tertiary/aromatic N) is 2. The number of hydrogen-bond donors (Lipinski definition) is 1. The molecule has 2 heterocycles. The molecule has 0 aliphatic heterocycles. The van der Waals surface area contributed by atoms with Crippen LogP contribution in [-0.2, 0) is 6.42 Å². The number of carbonyl (C=O) groups excluding carboxylic acids is 3. The minimum atomic E-state index is -0.488. The van der Waals surface area contributed by atoms with Gasteiger partial charge in [-0.1, -0.05) is 31.2 Å². The van der Waals surface area contributed by atoms with Crippen molar-refractivity contribution in [3.8, 4) is 0 Å². The van der Waals surface area contributed by atoms with Gasteiger partial charge in [-0.05, 0) is 36.8 Å². The lowest BCUT2D eigenvalue weighted by molar-refractivity contribution is 0.0979. The van der Waals surface area contributed by atoms with E-state index >= 15 is 0 Å². The summed E-state index contributed by atoms with van der Waals surface area (Å²) in [5.74, 6) is -1.47. The van der Waals surface area contributed by atoms with Gasteiger partial charge in [-0.25, -0.2) is 9.37 Å². The molecule has 0 unspecified atom stereocenters. The number of benzene rings is 2. The van der Waals surface area contributed by atoms with E-state index in [1.807, 2.05) is 6.92 Å². The van der Waals surface area contributed by atoms with E-state index < -0.39 is 11.7 Å². The normalized spacial score (nSPS) is 12.6. The van der Waals surface area contributed by atoms with Gasteiger partial charge in [0, 0.05) is 34.1 Å². The highest BCUT2D eigenvalue weighted by Crippen LogP contribution is 2.29. The fourth-order valence-corrected chi connectivity index (χ4v) is 3.92. The zero-order valence-electron chi connectivity index (χ0n) is 16.5. The lowest BCUT2D eigenvalue weighted by Crippen LogP contribution is -2.22. The molecule has 0 bridgehead atoms. The Morgan fingerprint density at radius 1 is 0.968 bits per heavy atom. The van der Waals surface area contributed by atoms with Crippen molar-refractivity contribution in [2.24, 2.45) is 0 Å². The molecule has 0 fully saturated rings. The number of fused-ring (bicyclic) bond motifs is 3. The van der Waals surface area contributed by atoms with Crippen LogP contribution in [0.4, 0.5) is 10.1 Å². The third-order valence-corrected chi connectivity index (χ3v) is 5.39. The van der Waals surface area contributed by atoms with Crippen LogP contribution in [0.15, 0.2) is 60.8 Å². The van der Waals surface area contributed by atoms with Crippen molar-refractivity contribution in [3.63, 3.8) is 0 Å². The van der Waals surface area contributed by atoms with Gasteiger partial charge in [0.05, 0.1) is 5.69 Å². The molecule has 0 radical (unpaired) electrons. The quantitative estimate of drug-likeness (QED) is 0.484. The van der Waals surface area contributed by atoms with Gasteiger partial charge in [-0.3, -0.25) is 18.8 Å². The molecule has 1 aliphatic rings. The van der Waals surface area contributed by atoms with Crippen LogP contribution in [0.2, 0.25) is 0 Å². The van der Waals surface area contributed by atoms with Crippen molar-refractivity contribution in [1.82, 2.24) is 9.38 Å². The van der Waals surface area contributed by atoms with Crippen LogP contribution in [0, 0.1) is 5.82 Å². The van der Waals surface area contributed by atoms with Gasteiger partial charge < -0.3 is 5.32 Å². The molecular formula is C24H16FN3O3. The molecule has 152 valence electrons. The molecule has 31 heavy (non-hydrogen) atoms. The zero-order chi connectivity index (χ0) is 21.7. The molecule has 0 saturated carbocycles. The van der Waals surface area contributed by atoms with Crippen LogP contribution in [0.1, 0.15) is 54.9 Å². The minimum Gasteiger partial charge on any atom is -0.321 e. The maximum absolute atomic E-state index is 13.8. The molecule has 5 rings (SSSR count). The number of aromatic nitrogens is 2. The summed E-state index contributed by atoms with van der Waals surface area (Å²) in [4.78, 5) is 43.1. The minimum absolute atomic E-state index is 0.225. The summed E-state index contributed by atoms with van der Waals surface area (Å²) in [5, 5.41) is 2.75. The molecule has 6 nitrogen and oxygen atoms in total. The number of ketones is 2. The zero-order valence-corrected chi connectivity index (χ0v) is 16.5. The van der Waals surface area contributed by atoms with Gasteiger partial charge in [0.25, 0.3) is 5.91 Å². The number of nitrogens with one attached hydrogen (secondary N) is 1. The van der Waals surface area contributed by atoms with E-state index in [0.717, 1.165) is 0 Å². The lowest BCUT2D eigenvalue weighted by atomic mass is 9.84. The van der Waals surface area contributed by atoms with Crippen molar-refractivity contribution >= 4 is 28.8 Å². The summed E-state index contributed by atoms with van der Waals surface area (Å²) >= 11 is 0. The molecule has 7 heteroatoms. The highest BCUT2D eigenvalue weighted by atomic mass is 19.1. The van der Waals surface area contributed by atoms with Crippen molar-refractivity contribution < 1.29 is 18.8 Å². The Morgan fingerprint density at radius 2 is 1.65 bits per heavy atom. The SMILES string of the molecule is CCc1nc2ccc(F)cn2c1C(=O)Nc1ccc2c(c1)C(=O)c1ccccc1C2=O. The fourth-order valence-electron chi connectivity index (χ4n) is 3.92. The van der Waals surface area contributed by atoms with E-state index in [-0.39, 0.29) is 22.8 Å². The molecule has 2 aromatic heterocycles. The average molecular weight is 413 g/mol. The molecule has 2 aromatic carbocycles. The standard InChI is InChI=1S/C24H16FN3O3/c1-2-19-21(28-12-13(25)7-10-20(28)27-19)24(31)26-14-8-9-17-18(11-14)23(30)16-6-4-3-5-15(16)22(17)29/h3-12H,2H2,1H3,(H,26,31). The summed E-state index contributed by atoms with van der Waals surface area (Å²) in [6.07, 6.45) is 1.70. The highest BCUT2D eigenvalue weighted by molar-refractivity contribution is 6.28. The second-order valence-corrected chi connectivity index (χ2v) is 7.25. The lowest BCUT2D eigenvalue weighted by Gasteiger charge is -2.18. The van der Waals surface area contributed by atoms with E-state index in [4.69, 9.17) is 0 Å². The predicted octanol–water partition coefficient (Wildman–Crippen LogP) is 4.06. The topological polar surface area (TPSA) is 80.5 Å². The smallest absolute Gasteiger partial charge is 0.274 e. The molecule has 1 N–H and O–H groups in total. The summed E-state index contributed by atoms with van der Waals surface area (Å²) < 4.78 is 15.2. The number of halogens is 1. The van der Waals surface area contributed by atoms with E-state index in [0.29, 0.717) is 40.1 Å². The second kappa shape index (κ2) is 6.98. The Morgan fingerprint density at radius 3 is 2.35 bits per heavy atom. The Kier molecular flexibility index (Phi) is 4.25. The molecule has 1 amide bonds. The largest absolute Gasteiger partial charge is 0.321 e. The van der Waals surface area contributed by atoms with Gasteiger partial charge in [0.1, 0.15) is 17.2 Å². The first-order valence-electron chi connectivity index (χ1n) is 9.78. The Hall–Kier alpha value is -4.13.